The SMILES string of the molecule is CC(C)(OCCCCCOC(C)(C)C1CCNCC1)C1CCNCC1. The Morgan fingerprint density at radius 2 is 1.00 bits per heavy atom. The van der Waals surface area contributed by atoms with Crippen LogP contribution >= 0.6 is 0 Å². The molecule has 2 aliphatic heterocycles. The largest absolute Gasteiger partial charge is 0.375 e. The number of ether oxygens (including phenoxy) is 2. The molecule has 2 aliphatic rings. The van der Waals surface area contributed by atoms with Crippen molar-refractivity contribution >= 4 is 0 Å². The van der Waals surface area contributed by atoms with Crippen LogP contribution in [0.5, 0.6) is 0 Å². The first-order valence-corrected chi connectivity index (χ1v) is 10.6. The lowest BCUT2D eigenvalue weighted by molar-refractivity contribution is -0.0755. The zero-order chi connectivity index (χ0) is 18.2. The lowest BCUT2D eigenvalue weighted by atomic mass is 9.83. The van der Waals surface area contributed by atoms with Crippen LogP contribution in [-0.2, 0) is 9.47 Å². The van der Waals surface area contributed by atoms with Gasteiger partial charge < -0.3 is 20.1 Å². The molecule has 2 heterocycles. The van der Waals surface area contributed by atoms with Crippen LogP contribution < -0.4 is 10.6 Å². The highest BCUT2D eigenvalue weighted by molar-refractivity contribution is 4.84. The van der Waals surface area contributed by atoms with E-state index >= 15 is 0 Å². The maximum absolute atomic E-state index is 6.24. The van der Waals surface area contributed by atoms with Crippen LogP contribution in [0.3, 0.4) is 0 Å². The third-order valence-corrected chi connectivity index (χ3v) is 6.38. The molecular formula is C21H42N2O2. The fraction of sp³-hybridized carbons (Fsp3) is 1.00. The summed E-state index contributed by atoms with van der Waals surface area (Å²) in [6.45, 7) is 15.4. The number of nitrogens with one attached hydrogen (secondary N) is 2. The van der Waals surface area contributed by atoms with Gasteiger partial charge in [-0.05, 0) is 111 Å². The highest BCUT2D eigenvalue weighted by atomic mass is 16.5. The van der Waals surface area contributed by atoms with E-state index in [1.54, 1.807) is 0 Å². The summed E-state index contributed by atoms with van der Waals surface area (Å²) in [6, 6.07) is 0. The quantitative estimate of drug-likeness (QED) is 0.587. The van der Waals surface area contributed by atoms with E-state index < -0.39 is 0 Å². The fourth-order valence-corrected chi connectivity index (χ4v) is 4.32. The van der Waals surface area contributed by atoms with Gasteiger partial charge >= 0.3 is 0 Å². The van der Waals surface area contributed by atoms with E-state index in [2.05, 4.69) is 38.3 Å². The number of unbranched alkanes of at least 4 members (excludes halogenated alkanes) is 2. The van der Waals surface area contributed by atoms with Gasteiger partial charge in [-0.2, -0.15) is 0 Å². The zero-order valence-corrected chi connectivity index (χ0v) is 17.2. The van der Waals surface area contributed by atoms with Crippen molar-refractivity contribution in [1.82, 2.24) is 10.6 Å². The van der Waals surface area contributed by atoms with E-state index in [1.807, 2.05) is 0 Å². The molecule has 0 amide bonds. The zero-order valence-electron chi connectivity index (χ0n) is 17.2. The highest BCUT2D eigenvalue weighted by Gasteiger charge is 2.32. The Kier molecular flexibility index (Phi) is 8.67. The van der Waals surface area contributed by atoms with Crippen molar-refractivity contribution in [3.8, 4) is 0 Å². The van der Waals surface area contributed by atoms with Crippen LogP contribution in [-0.4, -0.2) is 50.6 Å². The molecule has 0 saturated carbocycles. The third-order valence-electron chi connectivity index (χ3n) is 6.38. The van der Waals surface area contributed by atoms with Gasteiger partial charge in [0.2, 0.25) is 0 Å². The summed E-state index contributed by atoms with van der Waals surface area (Å²) < 4.78 is 12.5. The normalized spacial score (nSPS) is 21.6. The van der Waals surface area contributed by atoms with E-state index in [-0.39, 0.29) is 11.2 Å². The van der Waals surface area contributed by atoms with Crippen molar-refractivity contribution in [1.29, 1.82) is 0 Å². The Labute approximate surface area is 155 Å². The van der Waals surface area contributed by atoms with Crippen molar-refractivity contribution in [2.24, 2.45) is 11.8 Å². The summed E-state index contributed by atoms with van der Waals surface area (Å²) in [5.41, 5.74) is 0.0468. The van der Waals surface area contributed by atoms with E-state index in [9.17, 15) is 0 Å². The molecular weight excluding hydrogens is 312 g/mol. The van der Waals surface area contributed by atoms with E-state index in [4.69, 9.17) is 9.47 Å². The number of hydrogen-bond acceptors (Lipinski definition) is 4. The molecule has 0 aliphatic carbocycles. The van der Waals surface area contributed by atoms with E-state index in [1.165, 1.54) is 32.1 Å². The second-order valence-corrected chi connectivity index (χ2v) is 9.01. The molecule has 0 bridgehead atoms. The van der Waals surface area contributed by atoms with Gasteiger partial charge in [0.1, 0.15) is 0 Å². The first-order chi connectivity index (χ1) is 11.9. The molecule has 2 N–H and O–H groups in total. The van der Waals surface area contributed by atoms with Gasteiger partial charge in [0, 0.05) is 13.2 Å². The highest BCUT2D eigenvalue weighted by Crippen LogP contribution is 2.30. The van der Waals surface area contributed by atoms with Crippen LogP contribution in [0.15, 0.2) is 0 Å². The van der Waals surface area contributed by atoms with Gasteiger partial charge in [-0.25, -0.2) is 0 Å². The minimum Gasteiger partial charge on any atom is -0.375 e. The maximum Gasteiger partial charge on any atom is 0.0655 e. The Morgan fingerprint density at radius 1 is 0.640 bits per heavy atom. The minimum absolute atomic E-state index is 0.0234. The second kappa shape index (κ2) is 10.2. The van der Waals surface area contributed by atoms with Gasteiger partial charge in [-0.3, -0.25) is 0 Å². The first kappa shape index (κ1) is 21.1. The van der Waals surface area contributed by atoms with Gasteiger partial charge in [-0.15, -0.1) is 0 Å². The first-order valence-electron chi connectivity index (χ1n) is 10.6. The molecule has 0 spiro atoms. The molecule has 148 valence electrons. The Hall–Kier alpha value is -0.160. The fourth-order valence-electron chi connectivity index (χ4n) is 4.32. The van der Waals surface area contributed by atoms with Crippen LogP contribution in [0, 0.1) is 11.8 Å². The summed E-state index contributed by atoms with van der Waals surface area (Å²) in [4.78, 5) is 0. The van der Waals surface area contributed by atoms with Crippen LogP contribution in [0.1, 0.15) is 72.6 Å². The van der Waals surface area contributed by atoms with Crippen LogP contribution in [0.4, 0.5) is 0 Å². The predicted molar refractivity (Wildman–Crippen MR) is 105 cm³/mol. The molecule has 0 aromatic carbocycles. The van der Waals surface area contributed by atoms with Gasteiger partial charge in [0.15, 0.2) is 0 Å². The summed E-state index contributed by atoms with van der Waals surface area (Å²) in [7, 11) is 0. The van der Waals surface area contributed by atoms with Crippen LogP contribution in [0.25, 0.3) is 0 Å². The molecule has 2 fully saturated rings. The van der Waals surface area contributed by atoms with Crippen molar-refractivity contribution in [2.45, 2.75) is 83.8 Å². The smallest absolute Gasteiger partial charge is 0.0655 e. The summed E-state index contributed by atoms with van der Waals surface area (Å²) in [6.07, 6.45) is 8.46. The standard InChI is InChI=1S/C21H42N2O2/c1-20(2,18-8-12-22-13-9-18)24-16-6-5-7-17-25-21(3,4)19-10-14-23-15-11-19/h18-19,22-23H,5-17H2,1-4H3. The number of hydrogen-bond donors (Lipinski definition) is 2. The molecule has 4 nitrogen and oxygen atoms in total. The molecule has 0 aromatic rings. The van der Waals surface area contributed by atoms with Crippen molar-refractivity contribution < 1.29 is 9.47 Å². The monoisotopic (exact) mass is 354 g/mol. The lowest BCUT2D eigenvalue weighted by Crippen LogP contribution is -2.42. The van der Waals surface area contributed by atoms with Crippen molar-refractivity contribution in [3.63, 3.8) is 0 Å². The topological polar surface area (TPSA) is 42.5 Å². The average Bonchev–Trinajstić information content (AvgIpc) is 2.62. The summed E-state index contributed by atoms with van der Waals surface area (Å²) in [5, 5.41) is 6.88. The molecule has 0 aromatic heterocycles. The number of piperidine rings is 2. The van der Waals surface area contributed by atoms with E-state index in [0.717, 1.165) is 52.2 Å². The van der Waals surface area contributed by atoms with Crippen molar-refractivity contribution in [3.05, 3.63) is 0 Å². The van der Waals surface area contributed by atoms with Crippen LogP contribution in [0.2, 0.25) is 0 Å². The summed E-state index contributed by atoms with van der Waals surface area (Å²) >= 11 is 0. The lowest BCUT2D eigenvalue weighted by Gasteiger charge is -2.37. The molecule has 25 heavy (non-hydrogen) atoms. The van der Waals surface area contributed by atoms with Gasteiger partial charge in [-0.1, -0.05) is 0 Å². The summed E-state index contributed by atoms with van der Waals surface area (Å²) in [5.74, 6) is 1.39. The Bertz CT molecular complexity index is 325. The van der Waals surface area contributed by atoms with Crippen molar-refractivity contribution in [2.75, 3.05) is 39.4 Å². The third kappa shape index (κ3) is 7.16. The Morgan fingerprint density at radius 3 is 1.36 bits per heavy atom. The average molecular weight is 355 g/mol. The number of rotatable bonds is 10. The Balaban J connectivity index is 1.52. The van der Waals surface area contributed by atoms with E-state index in [0.29, 0.717) is 11.8 Å². The minimum atomic E-state index is 0.0234. The second-order valence-electron chi connectivity index (χ2n) is 9.01. The predicted octanol–water partition coefficient (Wildman–Crippen LogP) is 3.75. The van der Waals surface area contributed by atoms with Gasteiger partial charge in [0.25, 0.3) is 0 Å². The van der Waals surface area contributed by atoms with Gasteiger partial charge in [0.05, 0.1) is 11.2 Å². The molecule has 4 heteroatoms. The molecule has 0 atom stereocenters. The molecule has 0 unspecified atom stereocenters. The molecule has 2 rings (SSSR count). The molecule has 0 radical (unpaired) electrons. The molecule has 2 saturated heterocycles. The maximum atomic E-state index is 6.24.